The van der Waals surface area contributed by atoms with Crippen LogP contribution >= 0.6 is 23.1 Å². The van der Waals surface area contributed by atoms with Crippen molar-refractivity contribution in [2.75, 3.05) is 5.32 Å². The molecule has 2 aromatic carbocycles. The summed E-state index contributed by atoms with van der Waals surface area (Å²) in [6, 6.07) is 13.9. The topological polar surface area (TPSA) is 42.0 Å². The Morgan fingerprint density at radius 3 is 2.62 bits per heavy atom. The van der Waals surface area contributed by atoms with Gasteiger partial charge in [-0.3, -0.25) is 4.79 Å². The third-order valence-electron chi connectivity index (χ3n) is 4.15. The number of aromatic nitrogens is 1. The van der Waals surface area contributed by atoms with E-state index >= 15 is 0 Å². The highest BCUT2D eigenvalue weighted by atomic mass is 32.2. The van der Waals surface area contributed by atoms with E-state index in [4.69, 9.17) is 0 Å². The van der Waals surface area contributed by atoms with Crippen molar-refractivity contribution < 1.29 is 4.79 Å². The number of nitrogens with zero attached hydrogens (tertiary/aromatic N) is 1. The van der Waals surface area contributed by atoms with Crippen LogP contribution in [0.1, 0.15) is 46.9 Å². The van der Waals surface area contributed by atoms with Gasteiger partial charge < -0.3 is 5.32 Å². The molecule has 0 radical (unpaired) electrons. The average Bonchev–Trinajstić information content (AvgIpc) is 3.15. The van der Waals surface area contributed by atoms with E-state index < -0.39 is 0 Å². The maximum atomic E-state index is 12.7. The molecule has 0 fully saturated rings. The van der Waals surface area contributed by atoms with Crippen molar-refractivity contribution in [3.8, 4) is 0 Å². The highest BCUT2D eigenvalue weighted by molar-refractivity contribution is 7.98. The van der Waals surface area contributed by atoms with Gasteiger partial charge in [0.05, 0.1) is 11.2 Å². The van der Waals surface area contributed by atoms with Crippen LogP contribution in [0.2, 0.25) is 0 Å². The van der Waals surface area contributed by atoms with Gasteiger partial charge in [-0.2, -0.15) is 0 Å². The molecular formula is C21H22N2OS2. The summed E-state index contributed by atoms with van der Waals surface area (Å²) in [5.41, 5.74) is 6.77. The number of anilines is 1. The molecule has 0 unspecified atom stereocenters. The Balaban J connectivity index is 1.69. The first-order chi connectivity index (χ1) is 12.5. The van der Waals surface area contributed by atoms with Crippen molar-refractivity contribution in [3.05, 3.63) is 75.7 Å². The van der Waals surface area contributed by atoms with E-state index in [0.29, 0.717) is 11.5 Å². The van der Waals surface area contributed by atoms with Crippen LogP contribution in [-0.4, -0.2) is 10.9 Å². The minimum absolute atomic E-state index is 0.0720. The smallest absolute Gasteiger partial charge is 0.255 e. The number of rotatable bonds is 6. The maximum Gasteiger partial charge on any atom is 0.255 e. The number of benzene rings is 2. The fourth-order valence-electron chi connectivity index (χ4n) is 2.70. The van der Waals surface area contributed by atoms with E-state index in [9.17, 15) is 4.79 Å². The summed E-state index contributed by atoms with van der Waals surface area (Å²) in [7, 11) is 0. The minimum atomic E-state index is -0.0720. The number of thiazole rings is 1. The monoisotopic (exact) mass is 382 g/mol. The molecule has 1 amide bonds. The molecule has 1 aromatic heterocycles. The highest BCUT2D eigenvalue weighted by Gasteiger charge is 2.13. The molecule has 0 spiro atoms. The van der Waals surface area contributed by atoms with Crippen LogP contribution in [0.5, 0.6) is 0 Å². The lowest BCUT2D eigenvalue weighted by molar-refractivity contribution is 0.102. The summed E-state index contributed by atoms with van der Waals surface area (Å²) in [5.74, 6) is 1.13. The predicted molar refractivity (Wildman–Crippen MR) is 111 cm³/mol. The SMILES string of the molecule is Cc1cccc(C(C)C)c1NC(=O)c1ccc(SCc2cscn2)cc1. The van der Waals surface area contributed by atoms with Crippen LogP contribution in [0.15, 0.2) is 58.3 Å². The maximum absolute atomic E-state index is 12.7. The standard InChI is InChI=1S/C21H22N2OS2/c1-14(2)19-6-4-5-15(3)20(19)23-21(24)16-7-9-18(10-8-16)26-12-17-11-25-13-22-17/h4-11,13-14H,12H2,1-3H3,(H,23,24). The number of carbonyl (C=O) groups is 1. The van der Waals surface area contributed by atoms with Crippen LogP contribution in [0.3, 0.4) is 0 Å². The molecule has 0 bridgehead atoms. The van der Waals surface area contributed by atoms with Crippen molar-refractivity contribution in [2.24, 2.45) is 0 Å². The summed E-state index contributed by atoms with van der Waals surface area (Å²) >= 11 is 3.33. The van der Waals surface area contributed by atoms with Gasteiger partial charge in [0.2, 0.25) is 0 Å². The van der Waals surface area contributed by atoms with Crippen molar-refractivity contribution >= 4 is 34.7 Å². The molecule has 3 rings (SSSR count). The minimum Gasteiger partial charge on any atom is -0.321 e. The van der Waals surface area contributed by atoms with E-state index in [1.807, 2.05) is 48.8 Å². The first-order valence-electron chi connectivity index (χ1n) is 8.55. The Labute approximate surface area is 162 Å². The van der Waals surface area contributed by atoms with E-state index in [1.165, 1.54) is 0 Å². The van der Waals surface area contributed by atoms with E-state index in [0.717, 1.165) is 33.2 Å². The second kappa shape index (κ2) is 8.52. The number of para-hydroxylation sites is 1. The van der Waals surface area contributed by atoms with Crippen molar-refractivity contribution in [1.82, 2.24) is 4.98 Å². The summed E-state index contributed by atoms with van der Waals surface area (Å²) in [6.45, 7) is 6.30. The van der Waals surface area contributed by atoms with E-state index in [-0.39, 0.29) is 5.91 Å². The molecule has 0 saturated heterocycles. The van der Waals surface area contributed by atoms with Crippen LogP contribution in [0.25, 0.3) is 0 Å². The molecular weight excluding hydrogens is 360 g/mol. The lowest BCUT2D eigenvalue weighted by Gasteiger charge is -2.16. The van der Waals surface area contributed by atoms with Crippen LogP contribution < -0.4 is 5.32 Å². The highest BCUT2D eigenvalue weighted by Crippen LogP contribution is 2.28. The Morgan fingerprint density at radius 1 is 1.19 bits per heavy atom. The largest absolute Gasteiger partial charge is 0.321 e. The number of hydrogen-bond donors (Lipinski definition) is 1. The molecule has 0 saturated carbocycles. The fraction of sp³-hybridized carbons (Fsp3) is 0.238. The molecule has 1 heterocycles. The molecule has 1 N–H and O–H groups in total. The third-order valence-corrected chi connectivity index (χ3v) is 5.83. The van der Waals surface area contributed by atoms with Gasteiger partial charge in [-0.15, -0.1) is 23.1 Å². The molecule has 134 valence electrons. The zero-order valence-electron chi connectivity index (χ0n) is 15.2. The number of thioether (sulfide) groups is 1. The zero-order chi connectivity index (χ0) is 18.5. The van der Waals surface area contributed by atoms with Crippen LogP contribution in [-0.2, 0) is 5.75 Å². The summed E-state index contributed by atoms with van der Waals surface area (Å²) in [6.07, 6.45) is 0. The van der Waals surface area contributed by atoms with Gasteiger partial charge in [-0.25, -0.2) is 4.98 Å². The number of aryl methyl sites for hydroxylation is 1. The van der Waals surface area contributed by atoms with Gasteiger partial charge in [-0.1, -0.05) is 32.0 Å². The normalized spacial score (nSPS) is 10.9. The molecule has 3 nitrogen and oxygen atoms in total. The Morgan fingerprint density at radius 2 is 1.96 bits per heavy atom. The van der Waals surface area contributed by atoms with Gasteiger partial charge in [-0.05, 0) is 48.2 Å². The predicted octanol–water partition coefficient (Wildman–Crippen LogP) is 6.12. The van der Waals surface area contributed by atoms with Gasteiger partial charge in [0, 0.05) is 27.3 Å². The molecule has 0 aliphatic heterocycles. The van der Waals surface area contributed by atoms with E-state index in [2.05, 4.69) is 35.6 Å². The zero-order valence-corrected chi connectivity index (χ0v) is 16.8. The summed E-state index contributed by atoms with van der Waals surface area (Å²) < 4.78 is 0. The third kappa shape index (κ3) is 4.54. The molecule has 0 atom stereocenters. The Kier molecular flexibility index (Phi) is 6.12. The van der Waals surface area contributed by atoms with Crippen molar-refractivity contribution in [3.63, 3.8) is 0 Å². The number of hydrogen-bond acceptors (Lipinski definition) is 4. The van der Waals surface area contributed by atoms with Crippen molar-refractivity contribution in [2.45, 2.75) is 37.3 Å². The quantitative estimate of drug-likeness (QED) is 0.522. The second-order valence-electron chi connectivity index (χ2n) is 6.44. The average molecular weight is 383 g/mol. The van der Waals surface area contributed by atoms with Gasteiger partial charge in [0.15, 0.2) is 0 Å². The van der Waals surface area contributed by atoms with E-state index in [1.54, 1.807) is 23.1 Å². The van der Waals surface area contributed by atoms with Gasteiger partial charge in [0.25, 0.3) is 5.91 Å². The van der Waals surface area contributed by atoms with Gasteiger partial charge in [0.1, 0.15) is 0 Å². The first-order valence-corrected chi connectivity index (χ1v) is 10.5. The Bertz CT molecular complexity index is 872. The number of amides is 1. The lowest BCUT2D eigenvalue weighted by atomic mass is 9.98. The van der Waals surface area contributed by atoms with Crippen LogP contribution in [0, 0.1) is 6.92 Å². The van der Waals surface area contributed by atoms with Crippen molar-refractivity contribution in [1.29, 1.82) is 0 Å². The first kappa shape index (κ1) is 18.7. The summed E-state index contributed by atoms with van der Waals surface area (Å²) in [5, 5.41) is 5.15. The molecule has 3 aromatic rings. The fourth-order valence-corrected chi connectivity index (χ4v) is 4.16. The molecule has 26 heavy (non-hydrogen) atoms. The lowest BCUT2D eigenvalue weighted by Crippen LogP contribution is -2.14. The molecule has 5 heteroatoms. The van der Waals surface area contributed by atoms with Crippen LogP contribution in [0.4, 0.5) is 5.69 Å². The number of carbonyl (C=O) groups excluding carboxylic acids is 1. The second-order valence-corrected chi connectivity index (χ2v) is 8.21. The summed E-state index contributed by atoms with van der Waals surface area (Å²) in [4.78, 5) is 18.1. The Hall–Kier alpha value is -2.11. The number of nitrogens with one attached hydrogen (secondary N) is 1. The molecule has 0 aliphatic rings. The molecule has 0 aliphatic carbocycles. The van der Waals surface area contributed by atoms with Gasteiger partial charge >= 0.3 is 0 Å².